The number of amides is 1. The van der Waals surface area contributed by atoms with Gasteiger partial charge in [-0.05, 0) is 67.4 Å². The molecule has 6 heteroatoms. The number of hydrogen-bond donors (Lipinski definition) is 1. The molecule has 1 fully saturated rings. The maximum absolute atomic E-state index is 13.3. The fourth-order valence-electron chi connectivity index (χ4n) is 3.62. The number of anilines is 1. The predicted molar refractivity (Wildman–Crippen MR) is 110 cm³/mol. The molecule has 1 aromatic heterocycles. The summed E-state index contributed by atoms with van der Waals surface area (Å²) < 4.78 is 19.1. The van der Waals surface area contributed by atoms with E-state index in [4.69, 9.17) is 4.42 Å². The number of halogens is 1. The maximum Gasteiger partial charge on any atom is 0.300 e. The first-order chi connectivity index (χ1) is 14.4. The summed E-state index contributed by atoms with van der Waals surface area (Å²) in [6.45, 7) is 3.78. The molecule has 2 aromatic carbocycles. The van der Waals surface area contributed by atoms with Crippen molar-refractivity contribution >= 4 is 23.1 Å². The Kier molecular flexibility index (Phi) is 4.99. The van der Waals surface area contributed by atoms with Gasteiger partial charge in [0, 0.05) is 11.3 Å². The molecule has 0 aliphatic carbocycles. The largest absolute Gasteiger partial charge is 0.507 e. The van der Waals surface area contributed by atoms with Crippen molar-refractivity contribution in [1.82, 2.24) is 0 Å². The molecule has 0 radical (unpaired) electrons. The van der Waals surface area contributed by atoms with Crippen LogP contribution in [0.3, 0.4) is 0 Å². The summed E-state index contributed by atoms with van der Waals surface area (Å²) in [6, 6.07) is 14.9. The maximum atomic E-state index is 13.3. The Bertz CT molecular complexity index is 1140. The van der Waals surface area contributed by atoms with Crippen LogP contribution in [0.1, 0.15) is 35.6 Å². The number of Topliss-reactive ketones (excluding diaryl/α,β-unsaturated/α-hetero) is 1. The van der Waals surface area contributed by atoms with E-state index in [1.807, 2.05) is 19.1 Å². The van der Waals surface area contributed by atoms with Gasteiger partial charge in [0.1, 0.15) is 29.1 Å². The van der Waals surface area contributed by atoms with Crippen molar-refractivity contribution in [2.75, 3.05) is 4.90 Å². The SMILES string of the molecule is CCc1ccc(N2C(=O)C(=O)/C(=C(\O)c3ccc(F)cc3)C2c2ccc(C)o2)cc1. The lowest BCUT2D eigenvalue weighted by molar-refractivity contribution is -0.132. The second kappa shape index (κ2) is 7.63. The zero-order valence-corrected chi connectivity index (χ0v) is 16.6. The lowest BCUT2D eigenvalue weighted by atomic mass is 9.99. The second-order valence-corrected chi connectivity index (χ2v) is 7.14. The zero-order chi connectivity index (χ0) is 21.4. The van der Waals surface area contributed by atoms with Crippen LogP contribution in [0.2, 0.25) is 0 Å². The van der Waals surface area contributed by atoms with Gasteiger partial charge in [0.05, 0.1) is 5.57 Å². The quantitative estimate of drug-likeness (QED) is 0.380. The van der Waals surface area contributed by atoms with E-state index in [1.165, 1.54) is 29.2 Å². The second-order valence-electron chi connectivity index (χ2n) is 7.14. The van der Waals surface area contributed by atoms with E-state index in [1.54, 1.807) is 31.2 Å². The minimum absolute atomic E-state index is 0.0967. The molecule has 4 rings (SSSR count). The molecule has 1 atom stereocenters. The minimum atomic E-state index is -0.934. The molecule has 1 aliphatic heterocycles. The van der Waals surface area contributed by atoms with Crippen LogP contribution in [0, 0.1) is 12.7 Å². The molecule has 2 heterocycles. The minimum Gasteiger partial charge on any atom is -0.507 e. The number of hydrogen-bond acceptors (Lipinski definition) is 4. The summed E-state index contributed by atoms with van der Waals surface area (Å²) in [6.07, 6.45) is 0.838. The molecule has 1 saturated heterocycles. The number of aliphatic hydroxyl groups is 1. The topological polar surface area (TPSA) is 70.8 Å². The smallest absolute Gasteiger partial charge is 0.300 e. The molecular formula is C24H20FNO4. The summed E-state index contributed by atoms with van der Waals surface area (Å²) in [7, 11) is 0. The van der Waals surface area contributed by atoms with Gasteiger partial charge in [-0.25, -0.2) is 4.39 Å². The van der Waals surface area contributed by atoms with Gasteiger partial charge in [0.15, 0.2) is 0 Å². The fraction of sp³-hybridized carbons (Fsp3) is 0.167. The van der Waals surface area contributed by atoms with E-state index in [0.29, 0.717) is 17.2 Å². The highest BCUT2D eigenvalue weighted by atomic mass is 19.1. The molecule has 1 unspecified atom stereocenters. The number of carbonyl (C=O) groups excluding carboxylic acids is 2. The summed E-state index contributed by atoms with van der Waals surface area (Å²) in [5.41, 5.74) is 1.75. The van der Waals surface area contributed by atoms with E-state index < -0.39 is 23.5 Å². The lowest BCUT2D eigenvalue weighted by Crippen LogP contribution is -2.29. The van der Waals surface area contributed by atoms with Crippen LogP contribution in [0.25, 0.3) is 5.76 Å². The van der Waals surface area contributed by atoms with E-state index in [9.17, 15) is 19.1 Å². The number of benzene rings is 2. The third-order valence-corrected chi connectivity index (χ3v) is 5.22. The van der Waals surface area contributed by atoms with E-state index in [2.05, 4.69) is 0 Å². The first kappa shape index (κ1) is 19.6. The van der Waals surface area contributed by atoms with Crippen molar-refractivity contribution < 1.29 is 23.5 Å². The first-order valence-corrected chi connectivity index (χ1v) is 9.63. The zero-order valence-electron chi connectivity index (χ0n) is 16.6. The summed E-state index contributed by atoms with van der Waals surface area (Å²) in [4.78, 5) is 27.3. The third kappa shape index (κ3) is 3.30. The van der Waals surface area contributed by atoms with Gasteiger partial charge < -0.3 is 9.52 Å². The molecule has 1 amide bonds. The molecule has 1 aliphatic rings. The number of ketones is 1. The monoisotopic (exact) mass is 405 g/mol. The van der Waals surface area contributed by atoms with Crippen LogP contribution in [-0.2, 0) is 16.0 Å². The van der Waals surface area contributed by atoms with E-state index >= 15 is 0 Å². The van der Waals surface area contributed by atoms with Crippen molar-refractivity contribution in [2.45, 2.75) is 26.3 Å². The molecular weight excluding hydrogens is 385 g/mol. The van der Waals surface area contributed by atoms with Crippen LogP contribution in [0.15, 0.2) is 70.7 Å². The van der Waals surface area contributed by atoms with Crippen molar-refractivity contribution in [3.8, 4) is 0 Å². The van der Waals surface area contributed by atoms with Crippen LogP contribution >= 0.6 is 0 Å². The number of aliphatic hydroxyl groups excluding tert-OH is 1. The number of furan rings is 1. The number of aryl methyl sites for hydroxylation is 2. The highest BCUT2D eigenvalue weighted by molar-refractivity contribution is 6.51. The van der Waals surface area contributed by atoms with Crippen LogP contribution in [-0.4, -0.2) is 16.8 Å². The standard InChI is InChI=1S/C24H20FNO4/c1-3-15-5-11-18(12-6-15)26-21(19-13-4-14(2)30-19)20(23(28)24(26)29)22(27)16-7-9-17(25)10-8-16/h4-13,21,27H,3H2,1-2H3/b22-20-. The van der Waals surface area contributed by atoms with Gasteiger partial charge in [-0.1, -0.05) is 19.1 Å². The molecule has 3 aromatic rings. The molecule has 152 valence electrons. The number of nitrogens with zero attached hydrogens (tertiary/aromatic N) is 1. The fourth-order valence-corrected chi connectivity index (χ4v) is 3.62. The summed E-state index contributed by atoms with van der Waals surface area (Å²) in [5.74, 6) is -1.47. The van der Waals surface area contributed by atoms with Gasteiger partial charge in [-0.15, -0.1) is 0 Å². The van der Waals surface area contributed by atoms with Crippen molar-refractivity contribution in [3.05, 3.63) is 94.7 Å². The highest BCUT2D eigenvalue weighted by Crippen LogP contribution is 2.42. The Morgan fingerprint density at radius 1 is 1.03 bits per heavy atom. The van der Waals surface area contributed by atoms with Crippen LogP contribution < -0.4 is 4.90 Å². The lowest BCUT2D eigenvalue weighted by Gasteiger charge is -2.23. The normalized spacial score (nSPS) is 18.2. The molecule has 5 nitrogen and oxygen atoms in total. The van der Waals surface area contributed by atoms with Crippen molar-refractivity contribution in [1.29, 1.82) is 0 Å². The Morgan fingerprint density at radius 3 is 2.27 bits per heavy atom. The molecule has 0 bridgehead atoms. The van der Waals surface area contributed by atoms with Crippen LogP contribution in [0.4, 0.5) is 10.1 Å². The Labute approximate surface area is 173 Å². The van der Waals surface area contributed by atoms with Gasteiger partial charge in [0.25, 0.3) is 11.7 Å². The average Bonchev–Trinajstić information content (AvgIpc) is 3.29. The predicted octanol–water partition coefficient (Wildman–Crippen LogP) is 4.92. The highest BCUT2D eigenvalue weighted by Gasteiger charge is 2.48. The third-order valence-electron chi connectivity index (χ3n) is 5.22. The van der Waals surface area contributed by atoms with Gasteiger partial charge in [-0.3, -0.25) is 14.5 Å². The van der Waals surface area contributed by atoms with Crippen molar-refractivity contribution in [2.24, 2.45) is 0 Å². The van der Waals surface area contributed by atoms with Crippen LogP contribution in [0.5, 0.6) is 0 Å². The van der Waals surface area contributed by atoms with Gasteiger partial charge in [-0.2, -0.15) is 0 Å². The molecule has 0 spiro atoms. The van der Waals surface area contributed by atoms with E-state index in [-0.39, 0.29) is 16.9 Å². The number of carbonyl (C=O) groups is 2. The average molecular weight is 405 g/mol. The summed E-state index contributed by atoms with van der Waals surface area (Å²) >= 11 is 0. The van der Waals surface area contributed by atoms with Gasteiger partial charge >= 0.3 is 0 Å². The Balaban J connectivity index is 1.90. The van der Waals surface area contributed by atoms with Crippen molar-refractivity contribution in [3.63, 3.8) is 0 Å². The van der Waals surface area contributed by atoms with Gasteiger partial charge in [0.2, 0.25) is 0 Å². The summed E-state index contributed by atoms with van der Waals surface area (Å²) in [5, 5.41) is 10.9. The number of rotatable bonds is 4. The first-order valence-electron chi connectivity index (χ1n) is 9.63. The Hall–Kier alpha value is -3.67. The van der Waals surface area contributed by atoms with E-state index in [0.717, 1.165) is 12.0 Å². The molecule has 1 N–H and O–H groups in total. The molecule has 30 heavy (non-hydrogen) atoms. The Morgan fingerprint density at radius 2 is 1.70 bits per heavy atom. The molecule has 0 saturated carbocycles.